The van der Waals surface area contributed by atoms with E-state index < -0.39 is 0 Å². The summed E-state index contributed by atoms with van der Waals surface area (Å²) in [7, 11) is 0. The van der Waals surface area contributed by atoms with E-state index in [0.29, 0.717) is 47.8 Å². The summed E-state index contributed by atoms with van der Waals surface area (Å²) in [6, 6.07) is 11.4. The number of hydrogen-bond acceptors (Lipinski definition) is 6. The van der Waals surface area contributed by atoms with Crippen molar-refractivity contribution in [2.45, 2.75) is 20.8 Å². The minimum absolute atomic E-state index is 0.288. The predicted molar refractivity (Wildman–Crippen MR) is 128 cm³/mol. The average Bonchev–Trinajstić information content (AvgIpc) is 3.19. The molecule has 30 heavy (non-hydrogen) atoms. The third-order valence-electron chi connectivity index (χ3n) is 4.04. The molecule has 1 aromatic heterocycles. The fraction of sp³-hybridized carbons (Fsp3) is 0.273. The van der Waals surface area contributed by atoms with Gasteiger partial charge in [-0.25, -0.2) is 4.98 Å². The van der Waals surface area contributed by atoms with Gasteiger partial charge in [0, 0.05) is 20.1 Å². The molecule has 2 aromatic carbocycles. The molecule has 0 aliphatic rings. The first-order chi connectivity index (χ1) is 14.5. The Hall–Kier alpha value is -2.33. The zero-order valence-corrected chi connectivity index (χ0v) is 20.0. The van der Waals surface area contributed by atoms with Gasteiger partial charge >= 0.3 is 0 Å². The summed E-state index contributed by atoms with van der Waals surface area (Å²) >= 11 is 3.64. The van der Waals surface area contributed by atoms with Gasteiger partial charge in [0.25, 0.3) is 5.91 Å². The smallest absolute Gasteiger partial charge is 0.257 e. The number of aromatic nitrogens is 1. The molecule has 8 heteroatoms. The van der Waals surface area contributed by atoms with Crippen LogP contribution in [-0.4, -0.2) is 30.7 Å². The number of rotatable bonds is 9. The second-order valence-corrected chi connectivity index (χ2v) is 8.20. The lowest BCUT2D eigenvalue weighted by Gasteiger charge is -2.16. The number of ether oxygens (including phenoxy) is 3. The predicted octanol–water partition coefficient (Wildman–Crippen LogP) is 5.86. The second kappa shape index (κ2) is 10.6. The molecule has 0 aliphatic carbocycles. The SMILES string of the molecule is CCOc1cc(C(=O)Nc2nc(-c3ccc(I)cc3)cs2)cc(OCC)c1OCC. The molecule has 0 bridgehead atoms. The first-order valence-corrected chi connectivity index (χ1v) is 11.6. The van der Waals surface area contributed by atoms with Crippen molar-refractivity contribution < 1.29 is 19.0 Å². The molecule has 0 aliphatic heterocycles. The summed E-state index contributed by atoms with van der Waals surface area (Å²) in [5.74, 6) is 1.18. The highest BCUT2D eigenvalue weighted by Crippen LogP contribution is 2.39. The normalized spacial score (nSPS) is 10.5. The Morgan fingerprint density at radius 3 is 2.17 bits per heavy atom. The Balaban J connectivity index is 1.85. The molecule has 0 unspecified atom stereocenters. The first-order valence-electron chi connectivity index (χ1n) is 9.64. The number of anilines is 1. The molecule has 3 aromatic rings. The topological polar surface area (TPSA) is 69.7 Å². The summed E-state index contributed by atoms with van der Waals surface area (Å²) in [6.07, 6.45) is 0. The lowest BCUT2D eigenvalue weighted by Crippen LogP contribution is -2.13. The molecular formula is C22H23IN2O4S. The minimum Gasteiger partial charge on any atom is -0.490 e. The molecule has 158 valence electrons. The Bertz CT molecular complexity index is 978. The number of carbonyl (C=O) groups is 1. The van der Waals surface area contributed by atoms with Crippen LogP contribution in [0.2, 0.25) is 0 Å². The quantitative estimate of drug-likeness (QED) is 0.346. The van der Waals surface area contributed by atoms with Crippen LogP contribution in [0.3, 0.4) is 0 Å². The van der Waals surface area contributed by atoms with Crippen molar-refractivity contribution in [3.8, 4) is 28.5 Å². The molecule has 0 radical (unpaired) electrons. The number of hydrogen-bond donors (Lipinski definition) is 1. The van der Waals surface area contributed by atoms with E-state index in [9.17, 15) is 4.79 Å². The van der Waals surface area contributed by atoms with E-state index in [1.807, 2.05) is 50.4 Å². The molecule has 1 amide bonds. The van der Waals surface area contributed by atoms with Crippen molar-refractivity contribution in [2.75, 3.05) is 25.1 Å². The van der Waals surface area contributed by atoms with Gasteiger partial charge in [0.05, 0.1) is 25.5 Å². The number of nitrogens with one attached hydrogen (secondary N) is 1. The second-order valence-electron chi connectivity index (χ2n) is 6.10. The van der Waals surface area contributed by atoms with Crippen molar-refractivity contribution >= 4 is 45.0 Å². The van der Waals surface area contributed by atoms with E-state index in [4.69, 9.17) is 14.2 Å². The van der Waals surface area contributed by atoms with E-state index in [1.165, 1.54) is 11.3 Å². The lowest BCUT2D eigenvalue weighted by molar-refractivity contribution is 0.102. The Morgan fingerprint density at radius 2 is 1.60 bits per heavy atom. The van der Waals surface area contributed by atoms with E-state index in [1.54, 1.807) is 12.1 Å². The molecule has 0 fully saturated rings. The van der Waals surface area contributed by atoms with Gasteiger partial charge in [-0.3, -0.25) is 10.1 Å². The fourth-order valence-electron chi connectivity index (χ4n) is 2.77. The van der Waals surface area contributed by atoms with Crippen molar-refractivity contribution in [1.29, 1.82) is 0 Å². The largest absolute Gasteiger partial charge is 0.490 e. The van der Waals surface area contributed by atoms with Crippen molar-refractivity contribution in [3.05, 3.63) is 50.9 Å². The van der Waals surface area contributed by atoms with Crippen LogP contribution in [0, 0.1) is 3.57 Å². The number of benzene rings is 2. The molecule has 0 saturated carbocycles. The van der Waals surface area contributed by atoms with Crippen LogP contribution in [0.25, 0.3) is 11.3 Å². The van der Waals surface area contributed by atoms with E-state index in [-0.39, 0.29) is 5.91 Å². The first kappa shape index (κ1) is 22.4. The summed E-state index contributed by atoms with van der Waals surface area (Å²) < 4.78 is 18.2. The molecule has 0 saturated heterocycles. The number of halogens is 1. The molecule has 6 nitrogen and oxygen atoms in total. The zero-order chi connectivity index (χ0) is 21.5. The highest BCUT2D eigenvalue weighted by atomic mass is 127. The summed E-state index contributed by atoms with van der Waals surface area (Å²) in [5.41, 5.74) is 2.24. The maximum absolute atomic E-state index is 12.9. The van der Waals surface area contributed by atoms with Crippen molar-refractivity contribution in [3.63, 3.8) is 0 Å². The van der Waals surface area contributed by atoms with Gasteiger partial charge in [0.2, 0.25) is 5.75 Å². The minimum atomic E-state index is -0.288. The Kier molecular flexibility index (Phi) is 7.92. The summed E-state index contributed by atoms with van der Waals surface area (Å²) in [4.78, 5) is 17.4. The third-order valence-corrected chi connectivity index (χ3v) is 5.51. The van der Waals surface area contributed by atoms with Crippen LogP contribution >= 0.6 is 33.9 Å². The number of amides is 1. The van der Waals surface area contributed by atoms with Crippen molar-refractivity contribution in [1.82, 2.24) is 4.98 Å². The van der Waals surface area contributed by atoms with Crippen molar-refractivity contribution in [2.24, 2.45) is 0 Å². The van der Waals surface area contributed by atoms with Crippen LogP contribution in [0.15, 0.2) is 41.8 Å². The van der Waals surface area contributed by atoms with Gasteiger partial charge in [-0.15, -0.1) is 11.3 Å². The number of nitrogens with zero attached hydrogens (tertiary/aromatic N) is 1. The molecular weight excluding hydrogens is 515 g/mol. The van der Waals surface area contributed by atoms with Gasteiger partial charge in [0.1, 0.15) is 0 Å². The third kappa shape index (κ3) is 5.42. The monoisotopic (exact) mass is 538 g/mol. The number of thiazole rings is 1. The maximum atomic E-state index is 12.9. The van der Waals surface area contributed by atoms with Gasteiger partial charge in [-0.1, -0.05) is 12.1 Å². The molecule has 0 spiro atoms. The van der Waals surface area contributed by atoms with Gasteiger partial charge in [0.15, 0.2) is 16.6 Å². The van der Waals surface area contributed by atoms with Gasteiger partial charge in [-0.05, 0) is 67.6 Å². The van der Waals surface area contributed by atoms with E-state index in [2.05, 4.69) is 32.9 Å². The molecule has 1 N–H and O–H groups in total. The molecule has 1 heterocycles. The van der Waals surface area contributed by atoms with Gasteiger partial charge in [-0.2, -0.15) is 0 Å². The average molecular weight is 538 g/mol. The van der Waals surface area contributed by atoms with Crippen LogP contribution in [-0.2, 0) is 0 Å². The van der Waals surface area contributed by atoms with Gasteiger partial charge < -0.3 is 14.2 Å². The summed E-state index contributed by atoms with van der Waals surface area (Å²) in [5, 5.41) is 5.32. The fourth-order valence-corrected chi connectivity index (χ4v) is 3.85. The highest BCUT2D eigenvalue weighted by molar-refractivity contribution is 14.1. The molecule has 3 rings (SSSR count). The molecule has 0 atom stereocenters. The highest BCUT2D eigenvalue weighted by Gasteiger charge is 2.19. The Labute approximate surface area is 193 Å². The van der Waals surface area contributed by atoms with Crippen LogP contribution in [0.4, 0.5) is 5.13 Å². The van der Waals surface area contributed by atoms with Crippen LogP contribution < -0.4 is 19.5 Å². The zero-order valence-electron chi connectivity index (χ0n) is 17.0. The Morgan fingerprint density at radius 1 is 1.00 bits per heavy atom. The number of carbonyl (C=O) groups excluding carboxylic acids is 1. The van der Waals surface area contributed by atoms with E-state index in [0.717, 1.165) is 14.8 Å². The summed E-state index contributed by atoms with van der Waals surface area (Å²) in [6.45, 7) is 7.01. The maximum Gasteiger partial charge on any atom is 0.257 e. The van der Waals surface area contributed by atoms with Crippen LogP contribution in [0.1, 0.15) is 31.1 Å². The van der Waals surface area contributed by atoms with Crippen LogP contribution in [0.5, 0.6) is 17.2 Å². The lowest BCUT2D eigenvalue weighted by atomic mass is 10.1. The standard InChI is InChI=1S/C22H23IN2O4S/c1-4-27-18-11-15(12-19(28-5-2)20(18)29-6-3)21(26)25-22-24-17(13-30-22)14-7-9-16(23)10-8-14/h7-13H,4-6H2,1-3H3,(H,24,25,26). The van der Waals surface area contributed by atoms with E-state index >= 15 is 0 Å².